The number of likely N-dealkylation sites (N-methyl/N-ethyl adjacent to an activating group) is 1. The van der Waals surface area contributed by atoms with E-state index in [4.69, 9.17) is 0 Å². The molecule has 0 unspecified atom stereocenters. The Hall–Kier alpha value is -1.36. The Morgan fingerprint density at radius 3 is 2.42 bits per heavy atom. The van der Waals surface area contributed by atoms with Crippen molar-refractivity contribution in [2.75, 3.05) is 36.8 Å². The first-order valence-corrected chi connectivity index (χ1v) is 7.37. The van der Waals surface area contributed by atoms with Gasteiger partial charge in [-0.3, -0.25) is 4.90 Å². The van der Waals surface area contributed by atoms with Crippen molar-refractivity contribution in [3.63, 3.8) is 0 Å². The number of anilines is 2. The fourth-order valence-electron chi connectivity index (χ4n) is 2.17. The van der Waals surface area contributed by atoms with Crippen LogP contribution in [0.3, 0.4) is 0 Å². The molecule has 0 spiro atoms. The van der Waals surface area contributed by atoms with Crippen LogP contribution in [0.2, 0.25) is 0 Å². The molecule has 1 aliphatic carbocycles. The second kappa shape index (κ2) is 7.28. The van der Waals surface area contributed by atoms with E-state index in [1.54, 1.807) is 6.33 Å². The number of nitrogens with one attached hydrogen (secondary N) is 2. The van der Waals surface area contributed by atoms with Gasteiger partial charge in [-0.1, -0.05) is 13.8 Å². The predicted molar refractivity (Wildman–Crippen MR) is 79.6 cm³/mol. The van der Waals surface area contributed by atoms with Crippen LogP contribution in [0, 0.1) is 0 Å². The Kier molecular flexibility index (Phi) is 5.39. The topological polar surface area (TPSA) is 53.1 Å². The van der Waals surface area contributed by atoms with Crippen LogP contribution >= 0.6 is 0 Å². The first-order chi connectivity index (χ1) is 9.33. The fraction of sp³-hybridized carbons (Fsp3) is 0.714. The van der Waals surface area contributed by atoms with Crippen LogP contribution in [-0.2, 0) is 0 Å². The van der Waals surface area contributed by atoms with Crippen molar-refractivity contribution < 1.29 is 0 Å². The molecule has 5 heteroatoms. The van der Waals surface area contributed by atoms with Gasteiger partial charge in [0.2, 0.25) is 0 Å². The monoisotopic (exact) mass is 263 g/mol. The van der Waals surface area contributed by atoms with Crippen molar-refractivity contribution in [3.05, 3.63) is 12.4 Å². The number of rotatable bonds is 9. The largest absolute Gasteiger partial charge is 0.370 e. The standard InChI is InChI=1S/C14H25N5/c1-3-7-15-13-10-14(18-11-17-13)16-8-9-19(4-2)12-5-6-12/h10-12H,3-9H2,1-2H3,(H2,15,16,17,18). The number of aromatic nitrogens is 2. The average molecular weight is 263 g/mol. The van der Waals surface area contributed by atoms with Crippen LogP contribution in [0.15, 0.2) is 12.4 Å². The van der Waals surface area contributed by atoms with Crippen LogP contribution in [0.5, 0.6) is 0 Å². The molecule has 0 radical (unpaired) electrons. The summed E-state index contributed by atoms with van der Waals surface area (Å²) in [5, 5.41) is 6.65. The second-order valence-electron chi connectivity index (χ2n) is 5.00. The second-order valence-corrected chi connectivity index (χ2v) is 5.00. The number of hydrogen-bond acceptors (Lipinski definition) is 5. The van der Waals surface area contributed by atoms with E-state index in [-0.39, 0.29) is 0 Å². The Morgan fingerprint density at radius 1 is 1.16 bits per heavy atom. The van der Waals surface area contributed by atoms with Crippen molar-refractivity contribution in [3.8, 4) is 0 Å². The van der Waals surface area contributed by atoms with E-state index >= 15 is 0 Å². The van der Waals surface area contributed by atoms with E-state index in [1.165, 1.54) is 12.8 Å². The summed E-state index contributed by atoms with van der Waals surface area (Å²) in [6.07, 6.45) is 5.44. The number of hydrogen-bond donors (Lipinski definition) is 2. The molecule has 0 saturated heterocycles. The Bertz CT molecular complexity index is 378. The van der Waals surface area contributed by atoms with Gasteiger partial charge < -0.3 is 10.6 Å². The quantitative estimate of drug-likeness (QED) is 0.715. The molecule has 106 valence electrons. The number of nitrogens with zero attached hydrogens (tertiary/aromatic N) is 3. The van der Waals surface area contributed by atoms with Crippen molar-refractivity contribution in [2.24, 2.45) is 0 Å². The van der Waals surface area contributed by atoms with Crippen molar-refractivity contribution in [1.82, 2.24) is 14.9 Å². The van der Waals surface area contributed by atoms with Gasteiger partial charge in [0.25, 0.3) is 0 Å². The minimum atomic E-state index is 0.832. The van der Waals surface area contributed by atoms with Crippen molar-refractivity contribution >= 4 is 11.6 Å². The summed E-state index contributed by atoms with van der Waals surface area (Å²) in [5.41, 5.74) is 0. The van der Waals surface area contributed by atoms with Gasteiger partial charge in [-0.15, -0.1) is 0 Å². The predicted octanol–water partition coefficient (Wildman–Crippen LogP) is 2.19. The lowest BCUT2D eigenvalue weighted by atomic mass is 10.4. The van der Waals surface area contributed by atoms with Gasteiger partial charge in [-0.2, -0.15) is 0 Å². The van der Waals surface area contributed by atoms with Crippen LogP contribution in [0.4, 0.5) is 11.6 Å². The van der Waals surface area contributed by atoms with E-state index < -0.39 is 0 Å². The third-order valence-electron chi connectivity index (χ3n) is 3.40. The van der Waals surface area contributed by atoms with Gasteiger partial charge >= 0.3 is 0 Å². The molecule has 2 N–H and O–H groups in total. The molecular formula is C14H25N5. The van der Waals surface area contributed by atoms with E-state index in [2.05, 4.69) is 39.3 Å². The summed E-state index contributed by atoms with van der Waals surface area (Å²) in [6.45, 7) is 8.49. The molecule has 1 heterocycles. The van der Waals surface area contributed by atoms with Crippen LogP contribution in [-0.4, -0.2) is 47.1 Å². The highest BCUT2D eigenvalue weighted by atomic mass is 15.2. The summed E-state index contributed by atoms with van der Waals surface area (Å²) in [7, 11) is 0. The Labute approximate surface area is 115 Å². The zero-order valence-electron chi connectivity index (χ0n) is 12.0. The van der Waals surface area contributed by atoms with E-state index in [9.17, 15) is 0 Å². The lowest BCUT2D eigenvalue weighted by Gasteiger charge is -2.19. The highest BCUT2D eigenvalue weighted by Gasteiger charge is 2.27. The van der Waals surface area contributed by atoms with Gasteiger partial charge in [0.1, 0.15) is 18.0 Å². The highest BCUT2D eigenvalue weighted by molar-refractivity contribution is 5.46. The van der Waals surface area contributed by atoms with Crippen LogP contribution < -0.4 is 10.6 Å². The summed E-state index contributed by atoms with van der Waals surface area (Å²) < 4.78 is 0. The Balaban J connectivity index is 1.75. The molecule has 0 aliphatic heterocycles. The van der Waals surface area contributed by atoms with Crippen molar-refractivity contribution in [1.29, 1.82) is 0 Å². The van der Waals surface area contributed by atoms with Gasteiger partial charge in [-0.25, -0.2) is 9.97 Å². The van der Waals surface area contributed by atoms with Crippen LogP contribution in [0.1, 0.15) is 33.1 Å². The molecule has 1 aromatic rings. The first kappa shape index (κ1) is 14.1. The minimum Gasteiger partial charge on any atom is -0.370 e. The van der Waals surface area contributed by atoms with E-state index in [1.807, 2.05) is 6.07 Å². The molecule has 1 aliphatic rings. The first-order valence-electron chi connectivity index (χ1n) is 7.37. The maximum atomic E-state index is 4.25. The molecule has 0 aromatic carbocycles. The molecule has 2 rings (SSSR count). The zero-order chi connectivity index (χ0) is 13.5. The molecule has 0 amide bonds. The minimum absolute atomic E-state index is 0.832. The molecule has 0 atom stereocenters. The molecule has 1 saturated carbocycles. The summed E-state index contributed by atoms with van der Waals surface area (Å²) >= 11 is 0. The lowest BCUT2D eigenvalue weighted by Crippen LogP contribution is -2.31. The van der Waals surface area contributed by atoms with Crippen molar-refractivity contribution in [2.45, 2.75) is 39.2 Å². The fourth-order valence-corrected chi connectivity index (χ4v) is 2.17. The maximum Gasteiger partial charge on any atom is 0.131 e. The van der Waals surface area contributed by atoms with E-state index in [0.717, 1.165) is 50.3 Å². The summed E-state index contributed by atoms with van der Waals surface area (Å²) in [4.78, 5) is 11.0. The summed E-state index contributed by atoms with van der Waals surface area (Å²) in [5.74, 6) is 1.80. The zero-order valence-corrected chi connectivity index (χ0v) is 12.0. The normalized spacial score (nSPS) is 14.7. The van der Waals surface area contributed by atoms with Gasteiger partial charge in [0, 0.05) is 31.7 Å². The Morgan fingerprint density at radius 2 is 1.84 bits per heavy atom. The van der Waals surface area contributed by atoms with E-state index in [0.29, 0.717) is 0 Å². The van der Waals surface area contributed by atoms with Gasteiger partial charge in [0.15, 0.2) is 0 Å². The third kappa shape index (κ3) is 4.67. The molecule has 1 aromatic heterocycles. The SMILES string of the molecule is CCCNc1cc(NCCN(CC)C2CC2)ncn1. The molecule has 5 nitrogen and oxygen atoms in total. The van der Waals surface area contributed by atoms with Gasteiger partial charge in [-0.05, 0) is 25.8 Å². The molecule has 1 fully saturated rings. The molecular weight excluding hydrogens is 238 g/mol. The average Bonchev–Trinajstić information content (AvgIpc) is 3.26. The lowest BCUT2D eigenvalue weighted by molar-refractivity contribution is 0.289. The van der Waals surface area contributed by atoms with Crippen LogP contribution in [0.25, 0.3) is 0 Å². The van der Waals surface area contributed by atoms with Gasteiger partial charge in [0.05, 0.1) is 0 Å². The summed E-state index contributed by atoms with van der Waals surface area (Å²) in [6, 6.07) is 2.81. The molecule has 0 bridgehead atoms. The third-order valence-corrected chi connectivity index (χ3v) is 3.40. The highest BCUT2D eigenvalue weighted by Crippen LogP contribution is 2.25. The smallest absolute Gasteiger partial charge is 0.131 e. The maximum absolute atomic E-state index is 4.25. The molecule has 19 heavy (non-hydrogen) atoms.